The molecule has 2 aromatic carbocycles. The molecule has 1 fully saturated rings. The molecule has 1 aliphatic carbocycles. The van der Waals surface area contributed by atoms with Crippen LogP contribution in [0.1, 0.15) is 24.3 Å². The van der Waals surface area contributed by atoms with Gasteiger partial charge in [-0.2, -0.15) is 4.37 Å². The quantitative estimate of drug-likeness (QED) is 0.604. The number of nitrogens with one attached hydrogen (secondary N) is 1. The molecule has 0 atom stereocenters. The third kappa shape index (κ3) is 3.86. The zero-order chi connectivity index (χ0) is 19.0. The van der Waals surface area contributed by atoms with Gasteiger partial charge >= 0.3 is 0 Å². The zero-order valence-corrected chi connectivity index (χ0v) is 15.6. The van der Waals surface area contributed by atoms with Gasteiger partial charge in [0.15, 0.2) is 0 Å². The van der Waals surface area contributed by atoms with E-state index in [0.29, 0.717) is 11.5 Å². The van der Waals surface area contributed by atoms with Crippen LogP contribution in [0, 0.1) is 5.82 Å². The summed E-state index contributed by atoms with van der Waals surface area (Å²) >= 11 is 0.927. The Morgan fingerprint density at radius 1 is 1.19 bits per heavy atom. The smallest absolute Gasteiger partial charge is 0.263 e. The van der Waals surface area contributed by atoms with Crippen molar-refractivity contribution in [3.8, 4) is 11.5 Å². The fraction of sp³-hybridized carbons (Fsp3) is 0.176. The Labute approximate surface area is 159 Å². The van der Waals surface area contributed by atoms with Gasteiger partial charge in [-0.05, 0) is 55.2 Å². The third-order valence-electron chi connectivity index (χ3n) is 4.08. The Kier molecular flexibility index (Phi) is 4.44. The van der Waals surface area contributed by atoms with Crippen molar-refractivity contribution in [1.82, 2.24) is 9.36 Å². The summed E-state index contributed by atoms with van der Waals surface area (Å²) in [5.41, 5.74) is 6.94. The zero-order valence-electron chi connectivity index (χ0n) is 13.9. The van der Waals surface area contributed by atoms with Crippen molar-refractivity contribution in [2.24, 2.45) is 0 Å². The molecule has 140 valence electrons. The van der Waals surface area contributed by atoms with Crippen LogP contribution in [-0.2, 0) is 10.0 Å². The standard InChI is InChI=1S/C17H15FN4O3S2/c18-11-3-5-15(13(7-11)10-1-2-10)25-16-6-4-12(8-14(16)19)27(23,24)22-17-20-9-21-26-17/h3-10H,1-2,19H2,(H,20,21,22). The molecule has 1 heterocycles. The summed E-state index contributed by atoms with van der Waals surface area (Å²) in [5, 5.41) is 0.161. The molecular weight excluding hydrogens is 391 g/mol. The number of hydrogen-bond acceptors (Lipinski definition) is 7. The molecule has 3 aromatic rings. The molecule has 0 amide bonds. The number of aromatic nitrogens is 2. The topological polar surface area (TPSA) is 107 Å². The van der Waals surface area contributed by atoms with E-state index in [1.807, 2.05) is 0 Å². The van der Waals surface area contributed by atoms with E-state index in [1.165, 1.54) is 36.7 Å². The third-order valence-corrected chi connectivity index (χ3v) is 6.13. The molecule has 1 saturated carbocycles. The van der Waals surface area contributed by atoms with Crippen molar-refractivity contribution in [1.29, 1.82) is 0 Å². The van der Waals surface area contributed by atoms with Gasteiger partial charge in [-0.3, -0.25) is 4.72 Å². The molecule has 10 heteroatoms. The van der Waals surface area contributed by atoms with E-state index >= 15 is 0 Å². The molecule has 27 heavy (non-hydrogen) atoms. The summed E-state index contributed by atoms with van der Waals surface area (Å²) in [7, 11) is -3.84. The minimum absolute atomic E-state index is 0.0240. The van der Waals surface area contributed by atoms with Crippen LogP contribution in [0.15, 0.2) is 47.6 Å². The van der Waals surface area contributed by atoms with Gasteiger partial charge in [-0.15, -0.1) is 0 Å². The lowest BCUT2D eigenvalue weighted by Gasteiger charge is -2.13. The molecule has 0 aliphatic heterocycles. The molecule has 7 nitrogen and oxygen atoms in total. The summed E-state index contributed by atoms with van der Waals surface area (Å²) in [6.45, 7) is 0. The van der Waals surface area contributed by atoms with Crippen LogP contribution in [0.3, 0.4) is 0 Å². The van der Waals surface area contributed by atoms with E-state index < -0.39 is 10.0 Å². The Morgan fingerprint density at radius 2 is 1.96 bits per heavy atom. The second kappa shape index (κ2) is 6.78. The predicted molar refractivity (Wildman–Crippen MR) is 100 cm³/mol. The number of halogens is 1. The minimum atomic E-state index is -3.84. The molecule has 0 spiro atoms. The van der Waals surface area contributed by atoms with E-state index in [0.717, 1.165) is 29.9 Å². The highest BCUT2D eigenvalue weighted by Crippen LogP contribution is 2.46. The first-order chi connectivity index (χ1) is 12.9. The van der Waals surface area contributed by atoms with Gasteiger partial charge in [0, 0.05) is 17.1 Å². The van der Waals surface area contributed by atoms with Gasteiger partial charge in [-0.1, -0.05) is 0 Å². The summed E-state index contributed by atoms with van der Waals surface area (Å²) in [5.74, 6) is 0.792. The van der Waals surface area contributed by atoms with Crippen LogP contribution >= 0.6 is 11.5 Å². The SMILES string of the molecule is Nc1cc(S(=O)(=O)Nc2ncns2)ccc1Oc1ccc(F)cc1C1CC1. The number of benzene rings is 2. The molecule has 3 N–H and O–H groups in total. The van der Waals surface area contributed by atoms with Crippen LogP contribution in [0.5, 0.6) is 11.5 Å². The van der Waals surface area contributed by atoms with Gasteiger partial charge in [0.25, 0.3) is 10.0 Å². The van der Waals surface area contributed by atoms with Crippen LogP contribution < -0.4 is 15.2 Å². The van der Waals surface area contributed by atoms with Crippen molar-refractivity contribution in [2.45, 2.75) is 23.7 Å². The van der Waals surface area contributed by atoms with Crippen LogP contribution in [0.25, 0.3) is 0 Å². The maximum absolute atomic E-state index is 13.5. The Morgan fingerprint density at radius 3 is 2.63 bits per heavy atom. The summed E-state index contributed by atoms with van der Waals surface area (Å²) in [6, 6.07) is 8.51. The van der Waals surface area contributed by atoms with Gasteiger partial charge in [0.2, 0.25) is 5.13 Å². The van der Waals surface area contributed by atoms with Gasteiger partial charge in [-0.25, -0.2) is 17.8 Å². The number of ether oxygens (including phenoxy) is 1. The Bertz CT molecular complexity index is 1080. The monoisotopic (exact) mass is 406 g/mol. The maximum Gasteiger partial charge on any atom is 0.263 e. The minimum Gasteiger partial charge on any atom is -0.455 e. The van der Waals surface area contributed by atoms with E-state index in [4.69, 9.17) is 10.5 Å². The second-order valence-electron chi connectivity index (χ2n) is 6.11. The van der Waals surface area contributed by atoms with Crippen molar-refractivity contribution in [3.05, 3.63) is 54.1 Å². The first-order valence-corrected chi connectivity index (χ1v) is 10.3. The highest BCUT2D eigenvalue weighted by molar-refractivity contribution is 7.93. The van der Waals surface area contributed by atoms with Gasteiger partial charge in [0.05, 0.1) is 10.6 Å². The van der Waals surface area contributed by atoms with E-state index in [-0.39, 0.29) is 27.4 Å². The fourth-order valence-corrected chi connectivity index (χ4v) is 4.32. The van der Waals surface area contributed by atoms with Crippen molar-refractivity contribution in [2.75, 3.05) is 10.5 Å². The molecule has 0 saturated heterocycles. The number of nitrogens with zero attached hydrogens (tertiary/aromatic N) is 2. The lowest BCUT2D eigenvalue weighted by atomic mass is 10.1. The fourth-order valence-electron chi connectivity index (χ4n) is 2.62. The highest BCUT2D eigenvalue weighted by Gasteiger charge is 2.28. The van der Waals surface area contributed by atoms with Crippen LogP contribution in [-0.4, -0.2) is 17.8 Å². The Balaban J connectivity index is 1.59. The molecule has 0 unspecified atom stereocenters. The lowest BCUT2D eigenvalue weighted by molar-refractivity contribution is 0.475. The average molecular weight is 406 g/mol. The van der Waals surface area contributed by atoms with Gasteiger partial charge in [0.1, 0.15) is 23.6 Å². The molecule has 4 rings (SSSR count). The number of nitrogen functional groups attached to an aromatic ring is 1. The van der Waals surface area contributed by atoms with Gasteiger partial charge < -0.3 is 10.5 Å². The average Bonchev–Trinajstić information content (AvgIpc) is 3.35. The number of hydrogen-bond donors (Lipinski definition) is 2. The molecular formula is C17H15FN4O3S2. The number of rotatable bonds is 6. The number of nitrogens with two attached hydrogens (primary N) is 1. The summed E-state index contributed by atoms with van der Waals surface area (Å²) in [6.07, 6.45) is 3.24. The van der Waals surface area contributed by atoms with Crippen molar-refractivity contribution >= 4 is 32.4 Å². The van der Waals surface area contributed by atoms with E-state index in [2.05, 4.69) is 14.1 Å². The summed E-state index contributed by atoms with van der Waals surface area (Å²) in [4.78, 5) is 3.77. The normalized spacial score (nSPS) is 14.1. The largest absolute Gasteiger partial charge is 0.455 e. The van der Waals surface area contributed by atoms with E-state index in [1.54, 1.807) is 6.07 Å². The first kappa shape index (κ1) is 17.7. The van der Waals surface area contributed by atoms with E-state index in [9.17, 15) is 12.8 Å². The first-order valence-electron chi connectivity index (χ1n) is 8.09. The van der Waals surface area contributed by atoms with Crippen molar-refractivity contribution < 1.29 is 17.5 Å². The van der Waals surface area contributed by atoms with Crippen molar-refractivity contribution in [3.63, 3.8) is 0 Å². The molecule has 0 radical (unpaired) electrons. The molecule has 0 bridgehead atoms. The molecule has 1 aromatic heterocycles. The lowest BCUT2D eigenvalue weighted by Crippen LogP contribution is -2.13. The highest BCUT2D eigenvalue weighted by atomic mass is 32.2. The maximum atomic E-state index is 13.5. The molecule has 1 aliphatic rings. The number of sulfonamides is 1. The Hall–Kier alpha value is -2.72. The number of anilines is 2. The van der Waals surface area contributed by atoms with Crippen LogP contribution in [0.4, 0.5) is 15.2 Å². The predicted octanol–water partition coefficient (Wildman–Crippen LogP) is 3.73. The van der Waals surface area contributed by atoms with Crippen LogP contribution in [0.2, 0.25) is 0 Å². The second-order valence-corrected chi connectivity index (χ2v) is 8.57. The summed E-state index contributed by atoms with van der Waals surface area (Å²) < 4.78 is 50.2.